The average Bonchev–Trinajstić information content (AvgIpc) is 2.81. The minimum atomic E-state index is 0.908. The van der Waals surface area contributed by atoms with Gasteiger partial charge in [-0.1, -0.05) is 15.9 Å². The Morgan fingerprint density at radius 1 is 1.42 bits per heavy atom. The van der Waals surface area contributed by atoms with Gasteiger partial charge in [0.1, 0.15) is 0 Å². The molecule has 0 bridgehead atoms. The lowest BCUT2D eigenvalue weighted by Gasteiger charge is -2.02. The third kappa shape index (κ3) is 2.05. The van der Waals surface area contributed by atoms with Crippen molar-refractivity contribution in [2.45, 2.75) is 29.9 Å². The summed E-state index contributed by atoms with van der Waals surface area (Å²) in [4.78, 5) is 1.42. The first-order valence-corrected chi connectivity index (χ1v) is 5.86. The number of rotatable bonds is 2. The molecule has 12 heavy (non-hydrogen) atoms. The van der Waals surface area contributed by atoms with Crippen LogP contribution in [-0.4, -0.2) is 5.25 Å². The molecule has 1 aliphatic rings. The van der Waals surface area contributed by atoms with E-state index in [-0.39, 0.29) is 0 Å². The van der Waals surface area contributed by atoms with Crippen molar-refractivity contribution >= 4 is 27.7 Å². The highest BCUT2D eigenvalue weighted by molar-refractivity contribution is 9.10. The molecular formula is C10H11BrS. The van der Waals surface area contributed by atoms with Gasteiger partial charge in [0.2, 0.25) is 0 Å². The van der Waals surface area contributed by atoms with Gasteiger partial charge in [-0.25, -0.2) is 0 Å². The summed E-state index contributed by atoms with van der Waals surface area (Å²) >= 11 is 5.51. The van der Waals surface area contributed by atoms with E-state index in [1.165, 1.54) is 27.8 Å². The highest BCUT2D eigenvalue weighted by atomic mass is 79.9. The van der Waals surface area contributed by atoms with Crippen LogP contribution in [0.15, 0.2) is 27.6 Å². The molecule has 0 aromatic heterocycles. The Morgan fingerprint density at radius 2 is 2.17 bits per heavy atom. The normalized spacial score (nSPS) is 16.5. The first-order valence-electron chi connectivity index (χ1n) is 4.18. The van der Waals surface area contributed by atoms with Crippen molar-refractivity contribution in [1.82, 2.24) is 0 Å². The predicted octanol–water partition coefficient (Wildman–Crippen LogP) is 4.01. The minimum Gasteiger partial charge on any atom is -0.123 e. The first-order chi connectivity index (χ1) is 5.75. The maximum atomic E-state index is 3.50. The number of benzene rings is 1. The second kappa shape index (κ2) is 3.43. The zero-order chi connectivity index (χ0) is 8.55. The van der Waals surface area contributed by atoms with Gasteiger partial charge < -0.3 is 0 Å². The Balaban J connectivity index is 2.15. The molecule has 0 spiro atoms. The lowest BCUT2D eigenvalue weighted by molar-refractivity contribution is 1.32. The molecule has 1 aromatic rings. The van der Waals surface area contributed by atoms with E-state index >= 15 is 0 Å². The summed E-state index contributed by atoms with van der Waals surface area (Å²) in [5.74, 6) is 0. The number of hydrogen-bond donors (Lipinski definition) is 0. The van der Waals surface area contributed by atoms with Gasteiger partial charge in [0.25, 0.3) is 0 Å². The molecule has 1 aliphatic carbocycles. The van der Waals surface area contributed by atoms with Gasteiger partial charge in [-0.3, -0.25) is 0 Å². The Bertz CT molecular complexity index is 292. The fraction of sp³-hybridized carbons (Fsp3) is 0.400. The molecule has 0 saturated heterocycles. The summed E-state index contributed by atoms with van der Waals surface area (Å²) in [6, 6.07) is 6.59. The molecule has 0 N–H and O–H groups in total. The zero-order valence-electron chi connectivity index (χ0n) is 7.01. The largest absolute Gasteiger partial charge is 0.123 e. The summed E-state index contributed by atoms with van der Waals surface area (Å²) < 4.78 is 1.21. The Hall–Kier alpha value is 0.0500. The molecule has 0 atom stereocenters. The number of aryl methyl sites for hydroxylation is 1. The molecule has 0 radical (unpaired) electrons. The Morgan fingerprint density at radius 3 is 2.75 bits per heavy atom. The van der Waals surface area contributed by atoms with Crippen LogP contribution < -0.4 is 0 Å². The average molecular weight is 243 g/mol. The summed E-state index contributed by atoms with van der Waals surface area (Å²) in [6.07, 6.45) is 2.81. The molecule has 0 nitrogen and oxygen atoms in total. The summed E-state index contributed by atoms with van der Waals surface area (Å²) in [6.45, 7) is 2.14. The third-order valence-electron chi connectivity index (χ3n) is 1.96. The lowest BCUT2D eigenvalue weighted by Crippen LogP contribution is -1.79. The second-order valence-electron chi connectivity index (χ2n) is 3.23. The van der Waals surface area contributed by atoms with Crippen molar-refractivity contribution in [3.05, 3.63) is 28.2 Å². The standard InChI is InChI=1S/C10H11BrS/c1-7-6-9(4-5-10(7)11)12-8-2-3-8/h4-6,8H,2-3H2,1H3. The van der Waals surface area contributed by atoms with E-state index in [1.807, 2.05) is 11.8 Å². The Kier molecular flexibility index (Phi) is 2.47. The highest BCUT2D eigenvalue weighted by Gasteiger charge is 2.22. The molecule has 0 unspecified atom stereocenters. The summed E-state index contributed by atoms with van der Waals surface area (Å²) in [7, 11) is 0. The van der Waals surface area contributed by atoms with Gasteiger partial charge >= 0.3 is 0 Å². The van der Waals surface area contributed by atoms with E-state index in [9.17, 15) is 0 Å². The topological polar surface area (TPSA) is 0 Å². The summed E-state index contributed by atoms with van der Waals surface area (Å²) in [5, 5.41) is 0.908. The summed E-state index contributed by atoms with van der Waals surface area (Å²) in [5.41, 5.74) is 1.33. The number of thioether (sulfide) groups is 1. The van der Waals surface area contributed by atoms with Crippen molar-refractivity contribution < 1.29 is 0 Å². The molecule has 2 rings (SSSR count). The smallest absolute Gasteiger partial charge is 0.0205 e. The minimum absolute atomic E-state index is 0.908. The molecule has 1 saturated carbocycles. The fourth-order valence-corrected chi connectivity index (χ4v) is 2.46. The van der Waals surface area contributed by atoms with Crippen LogP contribution in [0.5, 0.6) is 0 Å². The van der Waals surface area contributed by atoms with E-state index < -0.39 is 0 Å². The molecule has 64 valence electrons. The van der Waals surface area contributed by atoms with Gasteiger partial charge in [0.05, 0.1) is 0 Å². The fourth-order valence-electron chi connectivity index (χ4n) is 1.07. The molecule has 1 fully saturated rings. The van der Waals surface area contributed by atoms with E-state index in [1.54, 1.807) is 0 Å². The van der Waals surface area contributed by atoms with Crippen LogP contribution >= 0.6 is 27.7 Å². The van der Waals surface area contributed by atoms with Crippen molar-refractivity contribution in [1.29, 1.82) is 0 Å². The van der Waals surface area contributed by atoms with Crippen LogP contribution in [0.25, 0.3) is 0 Å². The third-order valence-corrected chi connectivity index (χ3v) is 4.18. The molecule has 1 aromatic carbocycles. The van der Waals surface area contributed by atoms with Crippen LogP contribution in [0.4, 0.5) is 0 Å². The molecular weight excluding hydrogens is 232 g/mol. The lowest BCUT2D eigenvalue weighted by atomic mass is 10.2. The van der Waals surface area contributed by atoms with Crippen LogP contribution in [0.3, 0.4) is 0 Å². The predicted molar refractivity (Wildman–Crippen MR) is 57.8 cm³/mol. The van der Waals surface area contributed by atoms with Crippen LogP contribution in [0, 0.1) is 6.92 Å². The Labute approximate surface area is 85.9 Å². The quantitative estimate of drug-likeness (QED) is 0.756. The maximum absolute atomic E-state index is 3.50. The highest BCUT2D eigenvalue weighted by Crippen LogP contribution is 2.39. The van der Waals surface area contributed by atoms with Gasteiger partial charge in [-0.05, 0) is 43.5 Å². The monoisotopic (exact) mass is 242 g/mol. The number of halogens is 1. The van der Waals surface area contributed by atoms with E-state index in [0.717, 1.165) is 5.25 Å². The van der Waals surface area contributed by atoms with Crippen LogP contribution in [-0.2, 0) is 0 Å². The van der Waals surface area contributed by atoms with E-state index in [0.29, 0.717) is 0 Å². The SMILES string of the molecule is Cc1cc(SC2CC2)ccc1Br. The second-order valence-corrected chi connectivity index (χ2v) is 5.46. The van der Waals surface area contributed by atoms with E-state index in [2.05, 4.69) is 41.1 Å². The number of hydrogen-bond acceptors (Lipinski definition) is 1. The van der Waals surface area contributed by atoms with Gasteiger partial charge in [0, 0.05) is 14.6 Å². The maximum Gasteiger partial charge on any atom is 0.0205 e. The van der Waals surface area contributed by atoms with E-state index in [4.69, 9.17) is 0 Å². The van der Waals surface area contributed by atoms with Crippen LogP contribution in [0.2, 0.25) is 0 Å². The van der Waals surface area contributed by atoms with Crippen molar-refractivity contribution in [3.8, 4) is 0 Å². The van der Waals surface area contributed by atoms with Crippen molar-refractivity contribution in [3.63, 3.8) is 0 Å². The van der Waals surface area contributed by atoms with Crippen molar-refractivity contribution in [2.75, 3.05) is 0 Å². The molecule has 0 aliphatic heterocycles. The molecule has 0 heterocycles. The van der Waals surface area contributed by atoms with Gasteiger partial charge in [-0.15, -0.1) is 11.8 Å². The van der Waals surface area contributed by atoms with Gasteiger partial charge in [0.15, 0.2) is 0 Å². The molecule has 0 amide bonds. The van der Waals surface area contributed by atoms with Crippen LogP contribution in [0.1, 0.15) is 18.4 Å². The van der Waals surface area contributed by atoms with Crippen molar-refractivity contribution in [2.24, 2.45) is 0 Å². The first kappa shape index (κ1) is 8.64. The van der Waals surface area contributed by atoms with Gasteiger partial charge in [-0.2, -0.15) is 0 Å². The zero-order valence-corrected chi connectivity index (χ0v) is 9.41. The molecule has 2 heteroatoms.